The number of hydrogen-bond acceptors (Lipinski definition) is 1. The average molecular weight is 411 g/mol. The number of allylic oxidation sites excluding steroid dienone is 3. The van der Waals surface area contributed by atoms with E-state index in [0.29, 0.717) is 0 Å². The minimum Gasteiger partial charge on any atom is -0.363 e. The zero-order chi connectivity index (χ0) is 20.8. The van der Waals surface area contributed by atoms with Gasteiger partial charge in [-0.15, -0.1) is 0 Å². The van der Waals surface area contributed by atoms with Crippen molar-refractivity contribution in [3.63, 3.8) is 0 Å². The van der Waals surface area contributed by atoms with Gasteiger partial charge in [-0.25, -0.2) is 0 Å². The van der Waals surface area contributed by atoms with Gasteiger partial charge < -0.3 is 10.6 Å². The van der Waals surface area contributed by atoms with Crippen LogP contribution < -0.4 is 10.6 Å². The predicted molar refractivity (Wildman–Crippen MR) is 134 cm³/mol. The number of thiocarbonyl (C=S) groups is 1. The van der Waals surface area contributed by atoms with Crippen molar-refractivity contribution in [2.45, 2.75) is 98.8 Å². The van der Waals surface area contributed by atoms with Crippen molar-refractivity contribution in [3.05, 3.63) is 23.9 Å². The number of nitrogens with one attached hydrogen (secondary N) is 2. The van der Waals surface area contributed by atoms with Crippen LogP contribution in [0.2, 0.25) is 0 Å². The Morgan fingerprint density at radius 2 is 1.71 bits per heavy atom. The van der Waals surface area contributed by atoms with E-state index in [1.54, 1.807) is 0 Å². The molecule has 2 fully saturated rings. The van der Waals surface area contributed by atoms with Crippen LogP contribution in [0.5, 0.6) is 0 Å². The summed E-state index contributed by atoms with van der Waals surface area (Å²) in [4.78, 5) is 0. The van der Waals surface area contributed by atoms with E-state index in [1.807, 2.05) is 13.8 Å². The second kappa shape index (κ2) is 15.1. The molecule has 0 radical (unpaired) electrons. The van der Waals surface area contributed by atoms with Crippen LogP contribution >= 0.6 is 12.2 Å². The van der Waals surface area contributed by atoms with Gasteiger partial charge in [0.25, 0.3) is 0 Å². The first-order valence-corrected chi connectivity index (χ1v) is 12.5. The molecule has 2 N–H and O–H groups in total. The largest absolute Gasteiger partial charge is 0.363 e. The smallest absolute Gasteiger partial charge is 0.170 e. The van der Waals surface area contributed by atoms with Gasteiger partial charge in [0.15, 0.2) is 5.11 Å². The second-order valence-electron chi connectivity index (χ2n) is 8.21. The minimum atomic E-state index is 0. The summed E-state index contributed by atoms with van der Waals surface area (Å²) in [7, 11) is 0. The highest BCUT2D eigenvalue weighted by atomic mass is 32.1. The fourth-order valence-electron chi connectivity index (χ4n) is 4.70. The van der Waals surface area contributed by atoms with E-state index >= 15 is 0 Å². The van der Waals surface area contributed by atoms with Gasteiger partial charge in [-0.3, -0.25) is 0 Å². The molecule has 0 heterocycles. The third-order valence-corrected chi connectivity index (χ3v) is 6.48. The lowest BCUT2D eigenvalue weighted by Crippen LogP contribution is -2.42. The molecule has 0 amide bonds. The lowest BCUT2D eigenvalue weighted by Gasteiger charge is -2.49. The van der Waals surface area contributed by atoms with Gasteiger partial charge in [-0.1, -0.05) is 97.6 Å². The van der Waals surface area contributed by atoms with Crippen LogP contribution in [0.4, 0.5) is 0 Å². The van der Waals surface area contributed by atoms with Gasteiger partial charge in [0.05, 0.1) is 0 Å². The maximum absolute atomic E-state index is 5.25. The zero-order valence-corrected chi connectivity index (χ0v) is 20.0. The normalized spacial score (nSPS) is 25.6. The Kier molecular flexibility index (Phi) is 13.6. The molecule has 0 spiro atoms. The average Bonchev–Trinajstić information content (AvgIpc) is 2.71. The van der Waals surface area contributed by atoms with Crippen LogP contribution in [-0.4, -0.2) is 11.7 Å². The molecule has 3 unspecified atom stereocenters. The molecule has 166 valence electrons. The van der Waals surface area contributed by atoms with E-state index in [0.717, 1.165) is 35.3 Å². The molecule has 0 aromatic rings. The molecule has 3 aliphatic rings. The topological polar surface area (TPSA) is 24.1 Å². The molecule has 3 heteroatoms. The summed E-state index contributed by atoms with van der Waals surface area (Å²) < 4.78 is 0. The molecule has 3 atom stereocenters. The third kappa shape index (κ3) is 8.27. The van der Waals surface area contributed by atoms with Gasteiger partial charge in [0.1, 0.15) is 0 Å². The van der Waals surface area contributed by atoms with E-state index in [2.05, 4.69) is 49.6 Å². The van der Waals surface area contributed by atoms with Gasteiger partial charge in [-0.2, -0.15) is 0 Å². The van der Waals surface area contributed by atoms with Crippen molar-refractivity contribution in [2.75, 3.05) is 6.54 Å². The highest BCUT2D eigenvalue weighted by molar-refractivity contribution is 7.80. The molecule has 3 aliphatic carbocycles. The zero-order valence-electron chi connectivity index (χ0n) is 19.2. The van der Waals surface area contributed by atoms with Crippen LogP contribution in [0.1, 0.15) is 102 Å². The molecule has 2 nitrogen and oxygen atoms in total. The summed E-state index contributed by atoms with van der Waals surface area (Å²) in [5.41, 5.74) is 1.18. The Hall–Kier alpha value is -0.830. The summed E-state index contributed by atoms with van der Waals surface area (Å²) in [6.45, 7) is 11.4. The maximum Gasteiger partial charge on any atom is 0.170 e. The van der Waals surface area contributed by atoms with Crippen LogP contribution in [-0.2, 0) is 0 Å². The monoisotopic (exact) mass is 410 g/mol. The molecule has 3 rings (SSSR count). The standard InChI is InChI=1S/C17H26N2S.C6H14.C2H6.2H2/c1-2-18-17(20)19-14-8-9-15-13(10-14)11-16(15)12-6-4-3-5-7-12;1-3-5-6-4-2;1-2;;/h8-10,12-13,15-16H,2-7,11H2,1H3,(H2,18,19,20);3-6H2,1-2H3;1-2H3;2*1H. The van der Waals surface area contributed by atoms with Crippen molar-refractivity contribution in [3.8, 4) is 0 Å². The summed E-state index contributed by atoms with van der Waals surface area (Å²) >= 11 is 5.25. The lowest BCUT2D eigenvalue weighted by molar-refractivity contribution is 0.0645. The van der Waals surface area contributed by atoms with E-state index in [-0.39, 0.29) is 2.85 Å². The molecular formula is C25H50N2S. The van der Waals surface area contributed by atoms with Crippen molar-refractivity contribution in [1.29, 1.82) is 0 Å². The molecule has 28 heavy (non-hydrogen) atoms. The number of unbranched alkanes of at least 4 members (excludes halogenated alkanes) is 3. The third-order valence-electron chi connectivity index (χ3n) is 6.23. The number of hydrogen-bond donors (Lipinski definition) is 2. The summed E-state index contributed by atoms with van der Waals surface area (Å²) in [5.74, 6) is 3.51. The summed E-state index contributed by atoms with van der Waals surface area (Å²) in [5, 5.41) is 7.18. The van der Waals surface area contributed by atoms with Crippen LogP contribution in [0, 0.1) is 23.7 Å². The molecule has 0 aromatic heterocycles. The van der Waals surface area contributed by atoms with Crippen molar-refractivity contribution >= 4 is 17.3 Å². The first-order chi connectivity index (χ1) is 13.7. The highest BCUT2D eigenvalue weighted by Gasteiger charge is 2.43. The predicted octanol–water partition coefficient (Wildman–Crippen LogP) is 7.86. The molecule has 0 aliphatic heterocycles. The number of rotatable bonds is 6. The quantitative estimate of drug-likeness (QED) is 0.344. The van der Waals surface area contributed by atoms with Gasteiger partial charge >= 0.3 is 0 Å². The van der Waals surface area contributed by atoms with Crippen molar-refractivity contribution in [1.82, 2.24) is 10.6 Å². The van der Waals surface area contributed by atoms with Gasteiger partial charge in [-0.05, 0) is 55.3 Å². The van der Waals surface area contributed by atoms with E-state index in [1.165, 1.54) is 69.9 Å². The molecule has 0 bridgehead atoms. The molecule has 2 saturated carbocycles. The van der Waals surface area contributed by atoms with Crippen LogP contribution in [0.25, 0.3) is 0 Å². The summed E-state index contributed by atoms with van der Waals surface area (Å²) in [6, 6.07) is 0. The van der Waals surface area contributed by atoms with E-state index < -0.39 is 0 Å². The van der Waals surface area contributed by atoms with Crippen molar-refractivity contribution < 1.29 is 2.85 Å². The molecule has 0 aromatic carbocycles. The Bertz CT molecular complexity index is 484. The van der Waals surface area contributed by atoms with Gasteiger partial charge in [0.2, 0.25) is 0 Å². The van der Waals surface area contributed by atoms with E-state index in [4.69, 9.17) is 12.2 Å². The summed E-state index contributed by atoms with van der Waals surface area (Å²) in [6.07, 6.45) is 21.3. The van der Waals surface area contributed by atoms with E-state index in [9.17, 15) is 0 Å². The Morgan fingerprint density at radius 3 is 2.25 bits per heavy atom. The Morgan fingerprint density at radius 1 is 1.07 bits per heavy atom. The second-order valence-corrected chi connectivity index (χ2v) is 8.62. The van der Waals surface area contributed by atoms with Crippen molar-refractivity contribution in [2.24, 2.45) is 23.7 Å². The highest BCUT2D eigenvalue weighted by Crippen LogP contribution is 2.51. The minimum absolute atomic E-state index is 0. The maximum atomic E-state index is 5.25. The molecule has 0 saturated heterocycles. The SMILES string of the molecule is CC.CCCCCC.CCNC(=S)NC1=CC2CC(C3CCCCC3)C2C=C1.[HH].[HH]. The van der Waals surface area contributed by atoms with Gasteiger partial charge in [0, 0.05) is 15.1 Å². The first-order valence-electron chi connectivity index (χ1n) is 12.1. The lowest BCUT2D eigenvalue weighted by atomic mass is 9.56. The van der Waals surface area contributed by atoms with Crippen LogP contribution in [0.3, 0.4) is 0 Å². The number of fused-ring (bicyclic) bond motifs is 1. The fraction of sp³-hybridized carbons (Fsp3) is 0.800. The Labute approximate surface area is 184 Å². The Balaban J connectivity index is 0. The molecular weight excluding hydrogens is 360 g/mol. The fourth-order valence-corrected chi connectivity index (χ4v) is 4.97. The van der Waals surface area contributed by atoms with Crippen LogP contribution in [0.15, 0.2) is 23.9 Å². The first kappa shape index (κ1) is 25.2.